The zero-order valence-electron chi connectivity index (χ0n) is 14.9. The number of amides is 2. The van der Waals surface area contributed by atoms with Crippen molar-refractivity contribution in [1.29, 1.82) is 0 Å². The van der Waals surface area contributed by atoms with Gasteiger partial charge in [-0.15, -0.1) is 0 Å². The number of nitrogens with zero attached hydrogens (tertiary/aromatic N) is 2. The third-order valence-corrected chi connectivity index (χ3v) is 5.01. The number of carbonyl (C=O) groups is 2. The van der Waals surface area contributed by atoms with Crippen molar-refractivity contribution in [2.24, 2.45) is 22.0 Å². The van der Waals surface area contributed by atoms with Gasteiger partial charge in [0, 0.05) is 24.3 Å². The van der Waals surface area contributed by atoms with Crippen molar-refractivity contribution in [3.63, 3.8) is 0 Å². The largest absolute Gasteiger partial charge is 0.273 e. The lowest BCUT2D eigenvalue weighted by Gasteiger charge is -2.20. The molecule has 0 radical (unpaired) electrons. The molecule has 0 saturated heterocycles. The van der Waals surface area contributed by atoms with Gasteiger partial charge in [-0.1, -0.05) is 26.7 Å². The molecule has 2 rings (SSSR count). The summed E-state index contributed by atoms with van der Waals surface area (Å²) in [6.07, 6.45) is 9.20. The maximum atomic E-state index is 11.8. The number of carbonyl (C=O) groups excluding carboxylic acids is 2. The minimum absolute atomic E-state index is 0.136. The van der Waals surface area contributed by atoms with Gasteiger partial charge >= 0.3 is 0 Å². The number of nitrogens with one attached hydrogen (secondary N) is 2. The summed E-state index contributed by atoms with van der Waals surface area (Å²) in [4.78, 5) is 23.6. The van der Waals surface area contributed by atoms with Crippen LogP contribution in [0.1, 0.15) is 78.1 Å². The van der Waals surface area contributed by atoms with Gasteiger partial charge in [0.05, 0.1) is 0 Å². The zero-order valence-corrected chi connectivity index (χ0v) is 14.9. The fourth-order valence-electron chi connectivity index (χ4n) is 3.28. The Hall–Kier alpha value is -1.72. The van der Waals surface area contributed by atoms with E-state index >= 15 is 0 Å². The second kappa shape index (κ2) is 9.55. The van der Waals surface area contributed by atoms with E-state index in [1.165, 1.54) is 12.8 Å². The lowest BCUT2D eigenvalue weighted by atomic mass is 9.89. The molecule has 0 aromatic carbocycles. The molecule has 6 nitrogen and oxygen atoms in total. The van der Waals surface area contributed by atoms with Crippen LogP contribution in [0.3, 0.4) is 0 Å². The molecule has 2 atom stereocenters. The lowest BCUT2D eigenvalue weighted by Crippen LogP contribution is -2.27. The van der Waals surface area contributed by atoms with Crippen molar-refractivity contribution in [3.05, 3.63) is 0 Å². The molecule has 2 N–H and O–H groups in total. The Labute approximate surface area is 144 Å². The van der Waals surface area contributed by atoms with Crippen molar-refractivity contribution < 1.29 is 9.59 Å². The second-order valence-corrected chi connectivity index (χ2v) is 7.07. The zero-order chi connectivity index (χ0) is 17.4. The minimum atomic E-state index is -0.214. The number of rotatable bonds is 5. The molecule has 0 bridgehead atoms. The number of hydrazone groups is 2. The fraction of sp³-hybridized carbons (Fsp3) is 0.778. The normalized spacial score (nSPS) is 27.9. The Kier molecular flexibility index (Phi) is 7.40. The van der Waals surface area contributed by atoms with Gasteiger partial charge in [-0.05, 0) is 50.4 Å². The highest BCUT2D eigenvalue weighted by Crippen LogP contribution is 2.21. The Bertz CT molecular complexity index is 467. The van der Waals surface area contributed by atoms with Crippen molar-refractivity contribution in [3.8, 4) is 0 Å². The molecule has 2 amide bonds. The van der Waals surface area contributed by atoms with E-state index in [9.17, 15) is 9.59 Å². The summed E-state index contributed by atoms with van der Waals surface area (Å²) in [5, 5.41) is 8.46. The topological polar surface area (TPSA) is 82.9 Å². The van der Waals surface area contributed by atoms with Gasteiger partial charge in [0.2, 0.25) is 11.8 Å². The predicted octanol–water partition coefficient (Wildman–Crippen LogP) is 3.13. The van der Waals surface area contributed by atoms with Crippen LogP contribution >= 0.6 is 0 Å². The van der Waals surface area contributed by atoms with Gasteiger partial charge in [0.1, 0.15) is 0 Å². The van der Waals surface area contributed by atoms with Gasteiger partial charge in [-0.3, -0.25) is 9.59 Å². The highest BCUT2D eigenvalue weighted by atomic mass is 16.2. The Morgan fingerprint density at radius 3 is 1.62 bits per heavy atom. The average Bonchev–Trinajstić information content (AvgIpc) is 2.58. The predicted molar refractivity (Wildman–Crippen MR) is 95.7 cm³/mol. The van der Waals surface area contributed by atoms with E-state index in [1.54, 1.807) is 0 Å². The molecule has 0 spiro atoms. The first-order valence-corrected chi connectivity index (χ1v) is 9.27. The molecule has 0 aromatic rings. The van der Waals surface area contributed by atoms with Crippen LogP contribution in [-0.2, 0) is 9.59 Å². The third-order valence-electron chi connectivity index (χ3n) is 5.01. The molecule has 134 valence electrons. The van der Waals surface area contributed by atoms with E-state index < -0.39 is 0 Å². The van der Waals surface area contributed by atoms with Crippen LogP contribution in [0.2, 0.25) is 0 Å². The van der Waals surface area contributed by atoms with Gasteiger partial charge in [-0.2, -0.15) is 10.2 Å². The highest BCUT2D eigenvalue weighted by Gasteiger charge is 2.17. The molecule has 0 unspecified atom stereocenters. The lowest BCUT2D eigenvalue weighted by molar-refractivity contribution is -0.126. The van der Waals surface area contributed by atoms with E-state index in [2.05, 4.69) is 34.9 Å². The summed E-state index contributed by atoms with van der Waals surface area (Å²) in [6, 6.07) is 0. The first-order chi connectivity index (χ1) is 11.6. The van der Waals surface area contributed by atoms with E-state index in [4.69, 9.17) is 0 Å². The van der Waals surface area contributed by atoms with E-state index in [0.717, 1.165) is 49.9 Å². The summed E-state index contributed by atoms with van der Waals surface area (Å²) in [5.41, 5.74) is 7.30. The monoisotopic (exact) mass is 334 g/mol. The Balaban J connectivity index is 1.68. The van der Waals surface area contributed by atoms with E-state index in [0.29, 0.717) is 11.8 Å². The fourth-order valence-corrected chi connectivity index (χ4v) is 3.28. The maximum absolute atomic E-state index is 11.8. The van der Waals surface area contributed by atoms with Gasteiger partial charge < -0.3 is 0 Å². The van der Waals surface area contributed by atoms with Crippen molar-refractivity contribution >= 4 is 23.2 Å². The van der Waals surface area contributed by atoms with Crippen LogP contribution in [0.15, 0.2) is 10.2 Å². The van der Waals surface area contributed by atoms with E-state index in [1.807, 2.05) is 0 Å². The molecule has 2 fully saturated rings. The van der Waals surface area contributed by atoms with Crippen molar-refractivity contribution in [2.75, 3.05) is 0 Å². The summed E-state index contributed by atoms with van der Waals surface area (Å²) < 4.78 is 0. The average molecular weight is 334 g/mol. The summed E-state index contributed by atoms with van der Waals surface area (Å²) in [5.74, 6) is 0.453. The standard InChI is InChI=1S/C18H30N4O2/c1-13-7-3-5-9-15(13)19-21-17(23)11-12-18(24)22-20-16-10-6-4-8-14(16)2/h13-14H,3-12H2,1-2H3,(H,21,23)(H,22,24)/b19-15-,20-16+/t13-,14+/m1/s1. The minimum Gasteiger partial charge on any atom is -0.273 e. The molecule has 0 aromatic heterocycles. The molecule has 2 saturated carbocycles. The Morgan fingerprint density at radius 1 is 0.833 bits per heavy atom. The first-order valence-electron chi connectivity index (χ1n) is 9.27. The maximum Gasteiger partial charge on any atom is 0.240 e. The van der Waals surface area contributed by atoms with Crippen LogP contribution < -0.4 is 10.9 Å². The SMILES string of the molecule is C[C@@H]1CCCC/C1=N/NC(=O)CCC(=O)N/N=C1\CCCC[C@@H]1C. The summed E-state index contributed by atoms with van der Waals surface area (Å²) in [7, 11) is 0. The van der Waals surface area contributed by atoms with Gasteiger partial charge in [0.15, 0.2) is 0 Å². The summed E-state index contributed by atoms with van der Waals surface area (Å²) >= 11 is 0. The number of hydrogen-bond acceptors (Lipinski definition) is 4. The van der Waals surface area contributed by atoms with E-state index in [-0.39, 0.29) is 24.7 Å². The first kappa shape index (κ1) is 18.6. The molecule has 6 heteroatoms. The molecule has 24 heavy (non-hydrogen) atoms. The third kappa shape index (κ3) is 6.06. The molecular weight excluding hydrogens is 304 g/mol. The van der Waals surface area contributed by atoms with Crippen LogP contribution in [0.4, 0.5) is 0 Å². The van der Waals surface area contributed by atoms with Gasteiger partial charge in [-0.25, -0.2) is 10.9 Å². The molecule has 0 aliphatic heterocycles. The van der Waals surface area contributed by atoms with Crippen LogP contribution in [0.25, 0.3) is 0 Å². The van der Waals surface area contributed by atoms with Crippen molar-refractivity contribution in [2.45, 2.75) is 78.1 Å². The van der Waals surface area contributed by atoms with Crippen LogP contribution in [0, 0.1) is 11.8 Å². The smallest absolute Gasteiger partial charge is 0.240 e. The molecule has 2 aliphatic carbocycles. The number of hydrogen-bond donors (Lipinski definition) is 2. The van der Waals surface area contributed by atoms with Gasteiger partial charge in [0.25, 0.3) is 0 Å². The Morgan fingerprint density at radius 2 is 1.25 bits per heavy atom. The summed E-state index contributed by atoms with van der Waals surface area (Å²) in [6.45, 7) is 4.28. The molecule has 0 heterocycles. The molecular formula is C18H30N4O2. The van der Waals surface area contributed by atoms with Crippen molar-refractivity contribution in [1.82, 2.24) is 10.9 Å². The highest BCUT2D eigenvalue weighted by molar-refractivity contribution is 5.90. The van der Waals surface area contributed by atoms with Crippen LogP contribution in [0.5, 0.6) is 0 Å². The molecule has 2 aliphatic rings. The quantitative estimate of drug-likeness (QED) is 0.757. The second-order valence-electron chi connectivity index (χ2n) is 7.07. The van der Waals surface area contributed by atoms with Crippen LogP contribution in [-0.4, -0.2) is 23.2 Å².